The van der Waals surface area contributed by atoms with Crippen molar-refractivity contribution >= 4 is 17.2 Å². The molecule has 0 fully saturated rings. The summed E-state index contributed by atoms with van der Waals surface area (Å²) in [7, 11) is 0. The fourth-order valence-electron chi connectivity index (χ4n) is 2.54. The molecule has 6 heteroatoms. The highest BCUT2D eigenvalue weighted by Crippen LogP contribution is 2.37. The molecular formula is C18H17N3O2S. The fourth-order valence-corrected chi connectivity index (χ4v) is 3.47. The van der Waals surface area contributed by atoms with Crippen molar-refractivity contribution in [2.75, 3.05) is 12.3 Å². The first-order chi connectivity index (χ1) is 11.4. The Morgan fingerprint density at radius 1 is 1.42 bits per heavy atom. The van der Waals surface area contributed by atoms with Crippen LogP contribution in [0.15, 0.2) is 12.1 Å². The van der Waals surface area contributed by atoms with Crippen LogP contribution in [-0.2, 0) is 17.8 Å². The molecule has 122 valence electrons. The summed E-state index contributed by atoms with van der Waals surface area (Å²) in [6, 6.07) is 5.97. The average molecular weight is 339 g/mol. The number of nitrogens with zero attached hydrogens (tertiary/aromatic N) is 2. The SMILES string of the molecule is CC(C)(O)C#Cc1ccc(-c2c(C#N)c(N)nc3c2COCC3)s1. The number of rotatable bonds is 1. The summed E-state index contributed by atoms with van der Waals surface area (Å²) in [5, 5.41) is 19.2. The van der Waals surface area contributed by atoms with Crippen LogP contribution in [0.2, 0.25) is 0 Å². The van der Waals surface area contributed by atoms with Crippen LogP contribution in [0.25, 0.3) is 10.4 Å². The zero-order valence-electron chi connectivity index (χ0n) is 13.5. The van der Waals surface area contributed by atoms with Crippen LogP contribution in [-0.4, -0.2) is 22.3 Å². The molecule has 0 unspecified atom stereocenters. The maximum atomic E-state index is 9.73. The van der Waals surface area contributed by atoms with E-state index in [0.29, 0.717) is 25.2 Å². The molecule has 3 N–H and O–H groups in total. The van der Waals surface area contributed by atoms with E-state index in [1.54, 1.807) is 13.8 Å². The molecule has 2 aromatic rings. The highest BCUT2D eigenvalue weighted by Gasteiger charge is 2.23. The normalized spacial score (nSPS) is 13.6. The molecule has 0 aromatic carbocycles. The molecule has 5 nitrogen and oxygen atoms in total. The number of nitrogen functional groups attached to an aromatic ring is 1. The van der Waals surface area contributed by atoms with Crippen LogP contribution in [0.1, 0.15) is 35.5 Å². The first-order valence-electron chi connectivity index (χ1n) is 7.54. The van der Waals surface area contributed by atoms with Gasteiger partial charge in [-0.2, -0.15) is 5.26 Å². The molecule has 0 saturated heterocycles. The number of nitrogens with two attached hydrogens (primary N) is 1. The molecule has 0 radical (unpaired) electrons. The van der Waals surface area contributed by atoms with Crippen molar-refractivity contribution in [3.8, 4) is 28.4 Å². The molecule has 0 amide bonds. The lowest BCUT2D eigenvalue weighted by Crippen LogP contribution is -2.15. The minimum Gasteiger partial charge on any atom is -0.383 e. The Hall–Kier alpha value is -2.38. The Kier molecular flexibility index (Phi) is 4.29. The van der Waals surface area contributed by atoms with Crippen molar-refractivity contribution in [2.24, 2.45) is 0 Å². The van der Waals surface area contributed by atoms with Crippen LogP contribution < -0.4 is 5.73 Å². The zero-order valence-corrected chi connectivity index (χ0v) is 14.3. The van der Waals surface area contributed by atoms with Gasteiger partial charge in [0.1, 0.15) is 23.1 Å². The van der Waals surface area contributed by atoms with Gasteiger partial charge in [-0.25, -0.2) is 4.98 Å². The van der Waals surface area contributed by atoms with E-state index in [1.165, 1.54) is 11.3 Å². The van der Waals surface area contributed by atoms with Crippen LogP contribution in [0, 0.1) is 23.2 Å². The highest BCUT2D eigenvalue weighted by molar-refractivity contribution is 7.16. The lowest BCUT2D eigenvalue weighted by molar-refractivity contribution is 0.109. The van der Waals surface area contributed by atoms with Gasteiger partial charge in [-0.15, -0.1) is 11.3 Å². The Morgan fingerprint density at radius 2 is 2.21 bits per heavy atom. The number of hydrogen-bond donors (Lipinski definition) is 2. The van der Waals surface area contributed by atoms with Gasteiger partial charge in [-0.1, -0.05) is 11.8 Å². The molecule has 0 spiro atoms. The standard InChI is InChI=1S/C18H17N3O2S/c1-18(2,22)7-5-11-3-4-15(24-11)16-12(9-19)17(20)21-14-6-8-23-10-13(14)16/h3-4,22H,6,8,10H2,1-2H3,(H2,20,21). The van der Waals surface area contributed by atoms with Gasteiger partial charge < -0.3 is 15.6 Å². The summed E-state index contributed by atoms with van der Waals surface area (Å²) in [5.41, 5.74) is 7.93. The largest absolute Gasteiger partial charge is 0.383 e. The van der Waals surface area contributed by atoms with E-state index in [1.807, 2.05) is 12.1 Å². The van der Waals surface area contributed by atoms with Gasteiger partial charge in [-0.3, -0.25) is 0 Å². The van der Waals surface area contributed by atoms with Crippen molar-refractivity contribution in [3.63, 3.8) is 0 Å². The first kappa shape index (κ1) is 16.5. The number of pyridine rings is 1. The predicted molar refractivity (Wildman–Crippen MR) is 93.2 cm³/mol. The van der Waals surface area contributed by atoms with Gasteiger partial charge >= 0.3 is 0 Å². The van der Waals surface area contributed by atoms with Gasteiger partial charge in [0.2, 0.25) is 0 Å². The van der Waals surface area contributed by atoms with Crippen molar-refractivity contribution < 1.29 is 9.84 Å². The topological polar surface area (TPSA) is 92.2 Å². The molecule has 3 heterocycles. The molecule has 2 aromatic heterocycles. The summed E-state index contributed by atoms with van der Waals surface area (Å²) in [4.78, 5) is 6.09. The molecule has 1 aliphatic heterocycles. The molecule has 0 aliphatic carbocycles. The highest BCUT2D eigenvalue weighted by atomic mass is 32.1. The van der Waals surface area contributed by atoms with Gasteiger partial charge in [0, 0.05) is 22.4 Å². The Labute approximate surface area is 144 Å². The van der Waals surface area contributed by atoms with E-state index >= 15 is 0 Å². The first-order valence-corrected chi connectivity index (χ1v) is 8.35. The molecule has 24 heavy (non-hydrogen) atoms. The second-order valence-corrected chi connectivity index (χ2v) is 7.14. The second-order valence-electron chi connectivity index (χ2n) is 6.06. The van der Waals surface area contributed by atoms with Gasteiger partial charge in [0.25, 0.3) is 0 Å². The van der Waals surface area contributed by atoms with Crippen LogP contribution in [0.4, 0.5) is 5.82 Å². The monoisotopic (exact) mass is 339 g/mol. The quantitative estimate of drug-likeness (QED) is 0.779. The zero-order chi connectivity index (χ0) is 17.3. The molecule has 0 saturated carbocycles. The minimum atomic E-state index is -1.05. The molecule has 1 aliphatic rings. The van der Waals surface area contributed by atoms with E-state index in [2.05, 4.69) is 22.9 Å². The smallest absolute Gasteiger partial charge is 0.142 e. The number of hydrogen-bond acceptors (Lipinski definition) is 6. The molecule has 0 atom stereocenters. The summed E-state index contributed by atoms with van der Waals surface area (Å²) in [5.74, 6) is 6.01. The molecule has 3 rings (SSSR count). The number of aromatic nitrogens is 1. The van der Waals surface area contributed by atoms with E-state index in [0.717, 1.165) is 26.6 Å². The van der Waals surface area contributed by atoms with E-state index in [9.17, 15) is 10.4 Å². The second kappa shape index (κ2) is 6.26. The van der Waals surface area contributed by atoms with Crippen molar-refractivity contribution in [3.05, 3.63) is 33.8 Å². The average Bonchev–Trinajstić information content (AvgIpc) is 2.99. The number of nitriles is 1. The third-order valence-corrected chi connectivity index (χ3v) is 4.62. The predicted octanol–water partition coefficient (Wildman–Crippen LogP) is 2.46. The maximum Gasteiger partial charge on any atom is 0.142 e. The van der Waals surface area contributed by atoms with Gasteiger partial charge in [-0.05, 0) is 26.0 Å². The summed E-state index contributed by atoms with van der Waals surface area (Å²) in [6.45, 7) is 4.31. The Bertz CT molecular complexity index is 892. The third-order valence-electron chi connectivity index (χ3n) is 3.60. The van der Waals surface area contributed by atoms with Crippen molar-refractivity contribution in [1.29, 1.82) is 5.26 Å². The van der Waals surface area contributed by atoms with Gasteiger partial charge in [0.05, 0.1) is 23.8 Å². The maximum absolute atomic E-state index is 9.73. The molecular weight excluding hydrogens is 322 g/mol. The summed E-state index contributed by atoms with van der Waals surface area (Å²) in [6.07, 6.45) is 0.689. The number of thiophene rings is 1. The van der Waals surface area contributed by atoms with Crippen LogP contribution >= 0.6 is 11.3 Å². The summed E-state index contributed by atoms with van der Waals surface area (Å²) < 4.78 is 5.55. The number of fused-ring (bicyclic) bond motifs is 1. The number of ether oxygens (including phenoxy) is 1. The van der Waals surface area contributed by atoms with Crippen molar-refractivity contribution in [2.45, 2.75) is 32.5 Å². The van der Waals surface area contributed by atoms with Crippen LogP contribution in [0.3, 0.4) is 0 Å². The lowest BCUT2D eigenvalue weighted by Gasteiger charge is -2.20. The Morgan fingerprint density at radius 3 is 2.92 bits per heavy atom. The Balaban J connectivity index is 2.13. The number of aliphatic hydroxyl groups is 1. The van der Waals surface area contributed by atoms with E-state index < -0.39 is 5.60 Å². The van der Waals surface area contributed by atoms with E-state index in [-0.39, 0.29) is 5.82 Å². The summed E-state index contributed by atoms with van der Waals surface area (Å²) >= 11 is 1.46. The minimum absolute atomic E-state index is 0.255. The number of anilines is 1. The van der Waals surface area contributed by atoms with Crippen molar-refractivity contribution in [1.82, 2.24) is 4.98 Å². The third kappa shape index (κ3) is 3.27. The van der Waals surface area contributed by atoms with Gasteiger partial charge in [0.15, 0.2) is 0 Å². The van der Waals surface area contributed by atoms with Crippen LogP contribution in [0.5, 0.6) is 0 Å². The molecule has 0 bridgehead atoms. The lowest BCUT2D eigenvalue weighted by atomic mass is 9.97. The fraction of sp³-hybridized carbons (Fsp3) is 0.333. The van der Waals surface area contributed by atoms with E-state index in [4.69, 9.17) is 10.5 Å².